The number of rotatable bonds is 0. The van der Waals surface area contributed by atoms with Crippen LogP contribution < -0.4 is 0 Å². The van der Waals surface area contributed by atoms with E-state index in [2.05, 4.69) is 4.98 Å². The number of pyridine rings is 1. The fourth-order valence-corrected chi connectivity index (χ4v) is 0.619. The molecule has 0 unspecified atom stereocenters. The zero-order chi connectivity index (χ0) is 8.85. The standard InChI is InChI=1S/C6H5ClFN.C2H6/c1-4-2-3-5(7)9-6(4)8;1-2/h2-3H,1H3;1-2H3. The molecule has 1 rings (SSSR count). The molecular weight excluding hydrogens is 165 g/mol. The predicted molar refractivity (Wildman–Crippen MR) is 45.3 cm³/mol. The number of aryl methyl sites for hydroxylation is 1. The summed E-state index contributed by atoms with van der Waals surface area (Å²) in [6.45, 7) is 5.64. The van der Waals surface area contributed by atoms with Crippen LogP contribution in [-0.4, -0.2) is 4.98 Å². The van der Waals surface area contributed by atoms with Crippen LogP contribution >= 0.6 is 11.6 Å². The molecule has 0 aliphatic heterocycles. The Labute approximate surface area is 71.2 Å². The number of aromatic nitrogens is 1. The van der Waals surface area contributed by atoms with Crippen LogP contribution in [0.15, 0.2) is 12.1 Å². The number of nitrogens with zero attached hydrogens (tertiary/aromatic N) is 1. The molecule has 0 amide bonds. The van der Waals surface area contributed by atoms with Gasteiger partial charge in [-0.2, -0.15) is 4.39 Å². The molecule has 0 saturated heterocycles. The lowest BCUT2D eigenvalue weighted by Gasteiger charge is -1.92. The molecule has 1 aromatic rings. The van der Waals surface area contributed by atoms with Gasteiger partial charge in [0.25, 0.3) is 0 Å². The smallest absolute Gasteiger partial charge is 0.208 e. The summed E-state index contributed by atoms with van der Waals surface area (Å²) in [5, 5.41) is 0.193. The summed E-state index contributed by atoms with van der Waals surface area (Å²) in [6.07, 6.45) is 0. The van der Waals surface area contributed by atoms with Gasteiger partial charge in [-0.3, -0.25) is 0 Å². The Hall–Kier alpha value is -0.630. The maximum Gasteiger partial charge on any atom is 0.217 e. The van der Waals surface area contributed by atoms with Crippen LogP contribution in [0.3, 0.4) is 0 Å². The molecule has 0 N–H and O–H groups in total. The van der Waals surface area contributed by atoms with Gasteiger partial charge in [0.2, 0.25) is 5.95 Å². The molecule has 11 heavy (non-hydrogen) atoms. The van der Waals surface area contributed by atoms with Crippen molar-refractivity contribution < 1.29 is 4.39 Å². The highest BCUT2D eigenvalue weighted by Gasteiger charge is 1.96. The van der Waals surface area contributed by atoms with Crippen molar-refractivity contribution >= 4 is 11.6 Å². The van der Waals surface area contributed by atoms with E-state index in [0.29, 0.717) is 5.56 Å². The average molecular weight is 176 g/mol. The van der Waals surface area contributed by atoms with E-state index in [0.717, 1.165) is 0 Å². The first kappa shape index (κ1) is 10.4. The molecule has 1 aromatic heterocycles. The Morgan fingerprint density at radius 1 is 1.36 bits per heavy atom. The molecule has 0 fully saturated rings. The van der Waals surface area contributed by atoms with Crippen molar-refractivity contribution in [1.29, 1.82) is 0 Å². The van der Waals surface area contributed by atoms with Crippen molar-refractivity contribution in [3.05, 3.63) is 28.8 Å². The number of halogens is 2. The molecular formula is C8H11ClFN. The van der Waals surface area contributed by atoms with E-state index in [1.807, 2.05) is 13.8 Å². The van der Waals surface area contributed by atoms with E-state index in [4.69, 9.17) is 11.6 Å². The lowest BCUT2D eigenvalue weighted by Crippen LogP contribution is -1.85. The summed E-state index contributed by atoms with van der Waals surface area (Å²) in [7, 11) is 0. The zero-order valence-corrected chi connectivity index (χ0v) is 7.61. The van der Waals surface area contributed by atoms with Crippen molar-refractivity contribution in [1.82, 2.24) is 4.98 Å². The quantitative estimate of drug-likeness (QED) is 0.552. The summed E-state index contributed by atoms with van der Waals surface area (Å²) in [5.41, 5.74) is 0.513. The Kier molecular flexibility index (Phi) is 4.79. The third-order valence-corrected chi connectivity index (χ3v) is 1.21. The van der Waals surface area contributed by atoms with Crippen molar-refractivity contribution in [3.63, 3.8) is 0 Å². The Bertz CT molecular complexity index is 225. The Morgan fingerprint density at radius 2 is 1.91 bits per heavy atom. The lowest BCUT2D eigenvalue weighted by molar-refractivity contribution is 0.574. The number of hydrogen-bond donors (Lipinski definition) is 0. The van der Waals surface area contributed by atoms with Gasteiger partial charge >= 0.3 is 0 Å². The minimum absolute atomic E-state index is 0.193. The first-order valence-corrected chi connectivity index (χ1v) is 3.86. The van der Waals surface area contributed by atoms with Crippen LogP contribution in [0, 0.1) is 12.9 Å². The monoisotopic (exact) mass is 175 g/mol. The second-order valence-electron chi connectivity index (χ2n) is 1.74. The molecule has 0 aliphatic carbocycles. The van der Waals surface area contributed by atoms with Gasteiger partial charge < -0.3 is 0 Å². The fourth-order valence-electron chi connectivity index (χ4n) is 0.482. The lowest BCUT2D eigenvalue weighted by atomic mass is 10.3. The normalized spacial score (nSPS) is 8.45. The highest BCUT2D eigenvalue weighted by atomic mass is 35.5. The van der Waals surface area contributed by atoms with Gasteiger partial charge in [-0.25, -0.2) is 4.98 Å². The van der Waals surface area contributed by atoms with Gasteiger partial charge in [0.05, 0.1) is 0 Å². The molecule has 62 valence electrons. The molecule has 0 spiro atoms. The molecule has 0 bridgehead atoms. The van der Waals surface area contributed by atoms with Gasteiger partial charge in [-0.1, -0.05) is 31.5 Å². The first-order chi connectivity index (χ1) is 5.20. The van der Waals surface area contributed by atoms with Gasteiger partial charge in [-0.15, -0.1) is 0 Å². The van der Waals surface area contributed by atoms with E-state index >= 15 is 0 Å². The van der Waals surface area contributed by atoms with Crippen LogP contribution in [0.25, 0.3) is 0 Å². The molecule has 1 nitrogen and oxygen atoms in total. The van der Waals surface area contributed by atoms with E-state index in [9.17, 15) is 4.39 Å². The molecule has 0 atom stereocenters. The first-order valence-electron chi connectivity index (χ1n) is 3.49. The predicted octanol–water partition coefficient (Wildman–Crippen LogP) is 3.21. The molecule has 0 radical (unpaired) electrons. The molecule has 1 heterocycles. The van der Waals surface area contributed by atoms with Gasteiger partial charge in [0.1, 0.15) is 5.15 Å². The van der Waals surface area contributed by atoms with Gasteiger partial charge in [-0.05, 0) is 13.0 Å². The van der Waals surface area contributed by atoms with Crippen LogP contribution in [0.1, 0.15) is 19.4 Å². The summed E-state index contributed by atoms with van der Waals surface area (Å²) in [4.78, 5) is 3.37. The molecule has 3 heteroatoms. The van der Waals surface area contributed by atoms with Crippen LogP contribution in [-0.2, 0) is 0 Å². The van der Waals surface area contributed by atoms with Crippen LogP contribution in [0.4, 0.5) is 4.39 Å². The highest BCUT2D eigenvalue weighted by molar-refractivity contribution is 6.29. The topological polar surface area (TPSA) is 12.9 Å². The number of hydrogen-bond acceptors (Lipinski definition) is 1. The van der Waals surface area contributed by atoms with Crippen molar-refractivity contribution in [3.8, 4) is 0 Å². The molecule has 0 aliphatic rings. The van der Waals surface area contributed by atoms with E-state index in [1.165, 1.54) is 0 Å². The Balaban J connectivity index is 0.000000461. The maximum atomic E-state index is 12.4. The van der Waals surface area contributed by atoms with Crippen LogP contribution in [0.5, 0.6) is 0 Å². The summed E-state index contributed by atoms with van der Waals surface area (Å²) >= 11 is 5.37. The van der Waals surface area contributed by atoms with Gasteiger partial charge in [0, 0.05) is 5.56 Å². The molecule has 0 aromatic carbocycles. The minimum atomic E-state index is -0.498. The summed E-state index contributed by atoms with van der Waals surface area (Å²) in [6, 6.07) is 3.14. The van der Waals surface area contributed by atoms with Gasteiger partial charge in [0.15, 0.2) is 0 Å². The average Bonchev–Trinajstić information content (AvgIpc) is 2.02. The SMILES string of the molecule is CC.Cc1ccc(Cl)nc1F. The summed E-state index contributed by atoms with van der Waals surface area (Å²) in [5.74, 6) is -0.498. The highest BCUT2D eigenvalue weighted by Crippen LogP contribution is 2.07. The largest absolute Gasteiger partial charge is 0.217 e. The third kappa shape index (κ3) is 3.33. The van der Waals surface area contributed by atoms with E-state index < -0.39 is 5.95 Å². The van der Waals surface area contributed by atoms with Crippen molar-refractivity contribution in [2.75, 3.05) is 0 Å². The van der Waals surface area contributed by atoms with Crippen molar-refractivity contribution in [2.24, 2.45) is 0 Å². The summed E-state index contributed by atoms with van der Waals surface area (Å²) < 4.78 is 12.4. The zero-order valence-electron chi connectivity index (χ0n) is 6.86. The third-order valence-electron chi connectivity index (χ3n) is 1.00. The Morgan fingerprint density at radius 3 is 2.27 bits per heavy atom. The second-order valence-corrected chi connectivity index (χ2v) is 2.13. The van der Waals surface area contributed by atoms with Crippen LogP contribution in [0.2, 0.25) is 5.15 Å². The van der Waals surface area contributed by atoms with Crippen molar-refractivity contribution in [2.45, 2.75) is 20.8 Å². The van der Waals surface area contributed by atoms with E-state index in [1.54, 1.807) is 19.1 Å². The fraction of sp³-hybridized carbons (Fsp3) is 0.375. The maximum absolute atomic E-state index is 12.4. The molecule has 0 saturated carbocycles. The van der Waals surface area contributed by atoms with E-state index in [-0.39, 0.29) is 5.15 Å². The second kappa shape index (κ2) is 5.08. The minimum Gasteiger partial charge on any atom is -0.208 e.